The molecule has 0 aliphatic rings. The van der Waals surface area contributed by atoms with E-state index >= 15 is 0 Å². The predicted molar refractivity (Wildman–Crippen MR) is 94.6 cm³/mol. The number of rotatable bonds is 4. The van der Waals surface area contributed by atoms with Crippen molar-refractivity contribution in [2.75, 3.05) is 6.26 Å². The maximum absolute atomic E-state index is 12.2. The third-order valence-electron chi connectivity index (χ3n) is 3.24. The molecule has 1 atom stereocenters. The van der Waals surface area contributed by atoms with E-state index in [0.717, 1.165) is 9.13 Å². The summed E-state index contributed by atoms with van der Waals surface area (Å²) in [7, 11) is -3.20. The van der Waals surface area contributed by atoms with Gasteiger partial charge in [0.1, 0.15) is 0 Å². The lowest BCUT2D eigenvalue weighted by Crippen LogP contribution is -2.26. The molecule has 6 heteroatoms. The Labute approximate surface area is 144 Å². The highest BCUT2D eigenvalue weighted by Crippen LogP contribution is 2.17. The number of benzene rings is 2. The average molecular weight is 429 g/mol. The van der Waals surface area contributed by atoms with Crippen molar-refractivity contribution < 1.29 is 13.2 Å². The number of nitrogens with one attached hydrogen (secondary N) is 1. The second kappa shape index (κ2) is 6.78. The zero-order valence-electron chi connectivity index (χ0n) is 12.2. The number of halogens is 1. The van der Waals surface area contributed by atoms with Crippen molar-refractivity contribution in [3.05, 3.63) is 63.2 Å². The lowest BCUT2D eigenvalue weighted by Gasteiger charge is -2.15. The lowest BCUT2D eigenvalue weighted by molar-refractivity contribution is 0.0940. The molecule has 0 bridgehead atoms. The van der Waals surface area contributed by atoms with E-state index in [1.807, 2.05) is 25.1 Å². The molecule has 2 aromatic carbocycles. The van der Waals surface area contributed by atoms with Crippen LogP contribution in [0.5, 0.6) is 0 Å². The van der Waals surface area contributed by atoms with Gasteiger partial charge < -0.3 is 5.32 Å². The topological polar surface area (TPSA) is 63.2 Å². The molecule has 0 aliphatic carbocycles. The van der Waals surface area contributed by atoms with Gasteiger partial charge in [-0.3, -0.25) is 4.79 Å². The fourth-order valence-corrected chi connectivity index (χ4v) is 3.17. The third kappa shape index (κ3) is 4.30. The molecule has 1 amide bonds. The van der Waals surface area contributed by atoms with E-state index in [9.17, 15) is 13.2 Å². The molecule has 4 nitrogen and oxygen atoms in total. The Hall–Kier alpha value is -1.41. The van der Waals surface area contributed by atoms with Crippen molar-refractivity contribution in [1.82, 2.24) is 5.32 Å². The van der Waals surface area contributed by atoms with Crippen molar-refractivity contribution in [2.24, 2.45) is 0 Å². The Morgan fingerprint density at radius 1 is 1.14 bits per heavy atom. The average Bonchev–Trinajstić information content (AvgIpc) is 2.46. The van der Waals surface area contributed by atoms with Crippen LogP contribution in [0.2, 0.25) is 0 Å². The quantitative estimate of drug-likeness (QED) is 0.760. The number of sulfone groups is 1. The molecule has 0 radical (unpaired) electrons. The van der Waals surface area contributed by atoms with Crippen molar-refractivity contribution >= 4 is 38.3 Å². The van der Waals surface area contributed by atoms with E-state index in [0.29, 0.717) is 5.56 Å². The Balaban J connectivity index is 2.12. The number of carbonyl (C=O) groups is 1. The summed E-state index contributed by atoms with van der Waals surface area (Å²) in [6.45, 7) is 1.86. The number of carbonyl (C=O) groups excluding carboxylic acids is 1. The molecule has 0 spiro atoms. The first kappa shape index (κ1) is 17.0. The minimum atomic E-state index is -3.20. The van der Waals surface area contributed by atoms with Gasteiger partial charge in [-0.05, 0) is 65.4 Å². The second-order valence-electron chi connectivity index (χ2n) is 5.05. The van der Waals surface area contributed by atoms with E-state index in [1.165, 1.54) is 6.26 Å². The molecule has 2 aromatic rings. The minimum absolute atomic E-state index is 0.154. The maximum atomic E-state index is 12.2. The van der Waals surface area contributed by atoms with Crippen molar-refractivity contribution in [3.8, 4) is 0 Å². The van der Waals surface area contributed by atoms with Crippen LogP contribution >= 0.6 is 22.6 Å². The maximum Gasteiger partial charge on any atom is 0.251 e. The van der Waals surface area contributed by atoms with Crippen LogP contribution in [0.15, 0.2) is 53.4 Å². The van der Waals surface area contributed by atoms with Crippen LogP contribution in [0.3, 0.4) is 0 Å². The van der Waals surface area contributed by atoms with Gasteiger partial charge in [0, 0.05) is 15.4 Å². The highest BCUT2D eigenvalue weighted by molar-refractivity contribution is 14.1. The van der Waals surface area contributed by atoms with Crippen LogP contribution in [0, 0.1) is 3.57 Å². The number of hydrogen-bond donors (Lipinski definition) is 1. The molecule has 0 aromatic heterocycles. The zero-order chi connectivity index (χ0) is 16.3. The third-order valence-corrected chi connectivity index (χ3v) is 5.04. The van der Waals surface area contributed by atoms with Gasteiger partial charge in [0.05, 0.1) is 10.9 Å². The highest BCUT2D eigenvalue weighted by atomic mass is 127. The van der Waals surface area contributed by atoms with Crippen LogP contribution in [0.1, 0.15) is 28.9 Å². The summed E-state index contributed by atoms with van der Waals surface area (Å²) in [6.07, 6.45) is 1.17. The first-order chi connectivity index (χ1) is 10.3. The minimum Gasteiger partial charge on any atom is -0.346 e. The smallest absolute Gasteiger partial charge is 0.251 e. The Morgan fingerprint density at radius 3 is 2.32 bits per heavy atom. The molecule has 0 aliphatic heterocycles. The van der Waals surface area contributed by atoms with Gasteiger partial charge in [-0.1, -0.05) is 18.2 Å². The first-order valence-corrected chi connectivity index (χ1v) is 9.61. The SMILES string of the molecule is C[C@@H](NC(=O)c1cccc(I)c1)c1ccc(S(C)(=O)=O)cc1. The normalized spacial score (nSPS) is 12.7. The van der Waals surface area contributed by atoms with Crippen molar-refractivity contribution in [1.29, 1.82) is 0 Å². The monoisotopic (exact) mass is 429 g/mol. The standard InChI is InChI=1S/C16H16INO3S/c1-11(12-6-8-15(9-7-12)22(2,20)21)18-16(19)13-4-3-5-14(17)10-13/h3-11H,1-2H3,(H,18,19)/t11-/m1/s1. The molecule has 0 unspecified atom stereocenters. The molecule has 1 N–H and O–H groups in total. The van der Waals surface area contributed by atoms with Gasteiger partial charge in [0.25, 0.3) is 5.91 Å². The van der Waals surface area contributed by atoms with Crippen LogP contribution in [-0.2, 0) is 9.84 Å². The fourth-order valence-electron chi connectivity index (χ4n) is 2.00. The van der Waals surface area contributed by atoms with Gasteiger partial charge in [0.15, 0.2) is 9.84 Å². The van der Waals surface area contributed by atoms with Crippen LogP contribution in [-0.4, -0.2) is 20.6 Å². The molecular weight excluding hydrogens is 413 g/mol. The van der Waals surface area contributed by atoms with E-state index in [1.54, 1.807) is 30.3 Å². The summed E-state index contributed by atoms with van der Waals surface area (Å²) in [5.74, 6) is -0.154. The zero-order valence-corrected chi connectivity index (χ0v) is 15.2. The Morgan fingerprint density at radius 2 is 1.77 bits per heavy atom. The van der Waals surface area contributed by atoms with Crippen LogP contribution in [0.25, 0.3) is 0 Å². The van der Waals surface area contributed by atoms with E-state index in [4.69, 9.17) is 0 Å². The van der Waals surface area contributed by atoms with E-state index in [-0.39, 0.29) is 16.8 Å². The largest absolute Gasteiger partial charge is 0.346 e. The molecule has 0 saturated heterocycles. The molecule has 116 valence electrons. The predicted octanol–water partition coefficient (Wildman–Crippen LogP) is 3.19. The van der Waals surface area contributed by atoms with Gasteiger partial charge in [0.2, 0.25) is 0 Å². The highest BCUT2D eigenvalue weighted by Gasteiger charge is 2.13. The number of amides is 1. The van der Waals surface area contributed by atoms with Crippen molar-refractivity contribution in [2.45, 2.75) is 17.9 Å². The number of hydrogen-bond acceptors (Lipinski definition) is 3. The summed E-state index contributed by atoms with van der Waals surface area (Å²) >= 11 is 2.16. The first-order valence-electron chi connectivity index (χ1n) is 6.64. The van der Waals surface area contributed by atoms with E-state index < -0.39 is 9.84 Å². The lowest BCUT2D eigenvalue weighted by atomic mass is 10.1. The summed E-state index contributed by atoms with van der Waals surface area (Å²) in [5, 5.41) is 2.91. The van der Waals surface area contributed by atoms with Crippen molar-refractivity contribution in [3.63, 3.8) is 0 Å². The summed E-state index contributed by atoms with van der Waals surface area (Å²) in [5.41, 5.74) is 1.46. The molecule has 2 rings (SSSR count). The molecule has 22 heavy (non-hydrogen) atoms. The summed E-state index contributed by atoms with van der Waals surface area (Å²) in [4.78, 5) is 12.5. The van der Waals surface area contributed by atoms with Crippen LogP contribution in [0.4, 0.5) is 0 Å². The van der Waals surface area contributed by atoms with E-state index in [2.05, 4.69) is 27.9 Å². The van der Waals surface area contributed by atoms with Gasteiger partial charge in [-0.25, -0.2) is 8.42 Å². The van der Waals surface area contributed by atoms with Crippen LogP contribution < -0.4 is 5.32 Å². The molecule has 0 saturated carbocycles. The van der Waals surface area contributed by atoms with Gasteiger partial charge >= 0.3 is 0 Å². The van der Waals surface area contributed by atoms with Gasteiger partial charge in [-0.2, -0.15) is 0 Å². The van der Waals surface area contributed by atoms with Gasteiger partial charge in [-0.15, -0.1) is 0 Å². The summed E-state index contributed by atoms with van der Waals surface area (Å²) < 4.78 is 23.9. The second-order valence-corrected chi connectivity index (χ2v) is 8.31. The Kier molecular flexibility index (Phi) is 5.23. The summed E-state index contributed by atoms with van der Waals surface area (Å²) in [6, 6.07) is 13.7. The molecule has 0 fully saturated rings. The Bertz CT molecular complexity index is 785. The molecule has 0 heterocycles. The fraction of sp³-hybridized carbons (Fsp3) is 0.188. The molecular formula is C16H16INO3S.